The van der Waals surface area contributed by atoms with Crippen molar-refractivity contribution in [1.29, 1.82) is 0 Å². The molecular weight excluding hydrogens is 438 g/mol. The highest BCUT2D eigenvalue weighted by Gasteiger charge is 2.35. The first-order valence-electron chi connectivity index (χ1n) is 12.2. The summed E-state index contributed by atoms with van der Waals surface area (Å²) in [5.41, 5.74) is 3.97. The number of hydrogen-bond acceptors (Lipinski definition) is 4. The molecule has 2 N–H and O–H groups in total. The largest absolute Gasteiger partial charge is 0.357 e. The zero-order chi connectivity index (χ0) is 25.2. The zero-order valence-corrected chi connectivity index (χ0v) is 21.3. The van der Waals surface area contributed by atoms with Crippen LogP contribution in [0.3, 0.4) is 0 Å². The lowest BCUT2D eigenvalue weighted by atomic mass is 9.86. The smallest absolute Gasteiger partial charge is 0.272 e. The lowest BCUT2D eigenvalue weighted by molar-refractivity contribution is -0.124. The van der Waals surface area contributed by atoms with E-state index in [4.69, 9.17) is 4.98 Å². The standard InChI is InChI=1S/C28H35N5O2/c1-28(2,3)24(27(35)29-4)31-26(34)23-22-18-32(5)16-11-17-33(22)25(30-23)21-15-10-9-14-20(21)19-12-7-6-8-13-19/h6-10,12-15,24H,11,16-18H2,1-5H3,(H,29,35)(H,31,34). The maximum absolute atomic E-state index is 13.6. The predicted octanol–water partition coefficient (Wildman–Crippen LogP) is 3.94. The first-order chi connectivity index (χ1) is 16.7. The third-order valence-electron chi connectivity index (χ3n) is 6.53. The Morgan fingerprint density at radius 3 is 2.29 bits per heavy atom. The van der Waals surface area contributed by atoms with Crippen molar-refractivity contribution in [3.8, 4) is 22.5 Å². The van der Waals surface area contributed by atoms with Gasteiger partial charge in [0, 0.05) is 25.7 Å². The number of carbonyl (C=O) groups excluding carboxylic acids is 2. The zero-order valence-electron chi connectivity index (χ0n) is 21.3. The minimum Gasteiger partial charge on any atom is -0.357 e. The summed E-state index contributed by atoms with van der Waals surface area (Å²) >= 11 is 0. The Balaban J connectivity index is 1.83. The second kappa shape index (κ2) is 10.0. The van der Waals surface area contributed by atoms with E-state index in [0.717, 1.165) is 47.7 Å². The van der Waals surface area contributed by atoms with Crippen LogP contribution in [-0.2, 0) is 17.9 Å². The van der Waals surface area contributed by atoms with Crippen LogP contribution in [-0.4, -0.2) is 52.9 Å². The van der Waals surface area contributed by atoms with E-state index in [0.29, 0.717) is 12.2 Å². The summed E-state index contributed by atoms with van der Waals surface area (Å²) < 4.78 is 2.19. The van der Waals surface area contributed by atoms with Gasteiger partial charge in [-0.05, 0) is 36.6 Å². The van der Waals surface area contributed by atoms with Crippen molar-refractivity contribution < 1.29 is 9.59 Å². The van der Waals surface area contributed by atoms with E-state index < -0.39 is 11.5 Å². The first-order valence-corrected chi connectivity index (χ1v) is 12.2. The van der Waals surface area contributed by atoms with E-state index in [1.54, 1.807) is 7.05 Å². The second-order valence-electron chi connectivity index (χ2n) is 10.3. The molecule has 1 unspecified atom stereocenters. The maximum Gasteiger partial charge on any atom is 0.272 e. The highest BCUT2D eigenvalue weighted by atomic mass is 16.2. The molecule has 7 nitrogen and oxygen atoms in total. The fourth-order valence-corrected chi connectivity index (χ4v) is 4.68. The number of hydrogen-bond donors (Lipinski definition) is 2. The van der Waals surface area contributed by atoms with Crippen LogP contribution in [0.2, 0.25) is 0 Å². The molecule has 0 saturated carbocycles. The summed E-state index contributed by atoms with van der Waals surface area (Å²) in [4.78, 5) is 33.4. The molecule has 1 atom stereocenters. The van der Waals surface area contributed by atoms with Gasteiger partial charge in [-0.15, -0.1) is 0 Å². The molecule has 2 aromatic carbocycles. The summed E-state index contributed by atoms with van der Waals surface area (Å²) in [6.07, 6.45) is 0.963. The lowest BCUT2D eigenvalue weighted by Crippen LogP contribution is -2.53. The van der Waals surface area contributed by atoms with Gasteiger partial charge in [0.2, 0.25) is 5.91 Å². The summed E-state index contributed by atoms with van der Waals surface area (Å²) in [5, 5.41) is 5.65. The van der Waals surface area contributed by atoms with Crippen molar-refractivity contribution in [3.63, 3.8) is 0 Å². The molecule has 184 valence electrons. The SMILES string of the molecule is CNC(=O)C(NC(=O)c1nc(-c2ccccc2-c2ccccc2)n2c1CN(C)CCC2)C(C)(C)C. The maximum atomic E-state index is 13.6. The Kier molecular flexibility index (Phi) is 7.08. The number of nitrogens with zero attached hydrogens (tertiary/aromatic N) is 3. The van der Waals surface area contributed by atoms with Crippen molar-refractivity contribution in [2.45, 2.75) is 46.3 Å². The number of amides is 2. The Hall–Kier alpha value is -3.45. The fraction of sp³-hybridized carbons (Fsp3) is 0.393. The topological polar surface area (TPSA) is 79.3 Å². The van der Waals surface area contributed by atoms with E-state index >= 15 is 0 Å². The van der Waals surface area contributed by atoms with Gasteiger partial charge in [-0.1, -0.05) is 75.4 Å². The number of carbonyl (C=O) groups is 2. The van der Waals surface area contributed by atoms with Gasteiger partial charge in [-0.2, -0.15) is 0 Å². The Morgan fingerprint density at radius 1 is 0.971 bits per heavy atom. The number of aromatic nitrogens is 2. The van der Waals surface area contributed by atoms with Crippen LogP contribution in [0.4, 0.5) is 0 Å². The molecule has 2 heterocycles. The molecule has 0 spiro atoms. The average molecular weight is 474 g/mol. The van der Waals surface area contributed by atoms with Gasteiger partial charge in [-0.25, -0.2) is 4.98 Å². The van der Waals surface area contributed by atoms with Crippen molar-refractivity contribution in [3.05, 3.63) is 66.0 Å². The van der Waals surface area contributed by atoms with Gasteiger partial charge >= 0.3 is 0 Å². The normalized spacial score (nSPS) is 15.1. The molecule has 1 aliphatic rings. The minimum atomic E-state index is -0.680. The molecule has 1 aromatic heterocycles. The van der Waals surface area contributed by atoms with Gasteiger partial charge in [0.15, 0.2) is 5.69 Å². The second-order valence-corrected chi connectivity index (χ2v) is 10.3. The molecule has 2 amide bonds. The Labute approximate surface area is 207 Å². The third kappa shape index (κ3) is 5.15. The average Bonchev–Trinajstić information content (AvgIpc) is 3.07. The molecule has 0 radical (unpaired) electrons. The van der Waals surface area contributed by atoms with Gasteiger partial charge in [0.1, 0.15) is 11.9 Å². The van der Waals surface area contributed by atoms with Crippen LogP contribution in [0.15, 0.2) is 54.6 Å². The van der Waals surface area contributed by atoms with Gasteiger partial charge in [0.25, 0.3) is 5.91 Å². The molecule has 0 bridgehead atoms. The number of nitrogens with one attached hydrogen (secondary N) is 2. The molecule has 7 heteroatoms. The van der Waals surface area contributed by atoms with Crippen molar-refractivity contribution in [2.24, 2.45) is 5.41 Å². The van der Waals surface area contributed by atoms with E-state index in [1.807, 2.05) is 51.1 Å². The number of fused-ring (bicyclic) bond motifs is 1. The van der Waals surface area contributed by atoms with Gasteiger partial charge < -0.3 is 20.1 Å². The third-order valence-corrected chi connectivity index (χ3v) is 6.53. The highest BCUT2D eigenvalue weighted by molar-refractivity contribution is 5.98. The quantitative estimate of drug-likeness (QED) is 0.588. The van der Waals surface area contributed by atoms with E-state index in [-0.39, 0.29) is 11.8 Å². The Morgan fingerprint density at radius 2 is 1.63 bits per heavy atom. The van der Waals surface area contributed by atoms with Gasteiger partial charge in [0.05, 0.1) is 5.69 Å². The summed E-state index contributed by atoms with van der Waals surface area (Å²) in [6, 6.07) is 17.7. The predicted molar refractivity (Wildman–Crippen MR) is 139 cm³/mol. The highest BCUT2D eigenvalue weighted by Crippen LogP contribution is 2.34. The molecule has 1 aliphatic heterocycles. The molecule has 3 aromatic rings. The fourth-order valence-electron chi connectivity index (χ4n) is 4.68. The minimum absolute atomic E-state index is 0.220. The van der Waals surface area contributed by atoms with Crippen LogP contribution >= 0.6 is 0 Å². The van der Waals surface area contributed by atoms with Crippen LogP contribution in [0.25, 0.3) is 22.5 Å². The van der Waals surface area contributed by atoms with Crippen molar-refractivity contribution in [2.75, 3.05) is 20.6 Å². The molecule has 0 saturated heterocycles. The van der Waals surface area contributed by atoms with Crippen molar-refractivity contribution >= 4 is 11.8 Å². The molecule has 0 fully saturated rings. The Bertz CT molecular complexity index is 1210. The van der Waals surface area contributed by atoms with Gasteiger partial charge in [-0.3, -0.25) is 9.59 Å². The van der Waals surface area contributed by atoms with Crippen LogP contribution in [0, 0.1) is 5.41 Å². The number of likely N-dealkylation sites (N-methyl/N-ethyl adjacent to an activating group) is 1. The molecule has 4 rings (SSSR count). The lowest BCUT2D eigenvalue weighted by Gasteiger charge is -2.29. The monoisotopic (exact) mass is 473 g/mol. The van der Waals surface area contributed by atoms with E-state index in [2.05, 4.69) is 51.4 Å². The van der Waals surface area contributed by atoms with E-state index in [9.17, 15) is 9.59 Å². The van der Waals surface area contributed by atoms with E-state index in [1.165, 1.54) is 0 Å². The molecule has 0 aliphatic carbocycles. The molecular formula is C28H35N5O2. The van der Waals surface area contributed by atoms with Crippen LogP contribution < -0.4 is 10.6 Å². The number of imidazole rings is 1. The number of benzene rings is 2. The summed E-state index contributed by atoms with van der Waals surface area (Å²) in [6.45, 7) is 8.15. The van der Waals surface area contributed by atoms with Crippen LogP contribution in [0.5, 0.6) is 0 Å². The van der Waals surface area contributed by atoms with Crippen molar-refractivity contribution in [1.82, 2.24) is 25.1 Å². The summed E-state index contributed by atoms with van der Waals surface area (Å²) in [7, 11) is 3.65. The number of rotatable bonds is 5. The first kappa shape index (κ1) is 24.7. The molecule has 35 heavy (non-hydrogen) atoms. The van der Waals surface area contributed by atoms with Crippen LogP contribution in [0.1, 0.15) is 43.4 Å². The summed E-state index contributed by atoms with van der Waals surface area (Å²) in [5.74, 6) is 0.242.